The van der Waals surface area contributed by atoms with Gasteiger partial charge in [0, 0.05) is 13.1 Å². The minimum atomic E-state index is -0.801. The lowest BCUT2D eigenvalue weighted by molar-refractivity contribution is -0.143. The third-order valence-electron chi connectivity index (χ3n) is 3.32. The molecule has 0 atom stereocenters. The van der Waals surface area contributed by atoms with E-state index < -0.39 is 17.8 Å². The Morgan fingerprint density at radius 2 is 1.82 bits per heavy atom. The molecular formula is C16H18N2O4. The smallest absolute Gasteiger partial charge is 0.334 e. The molecule has 1 aromatic rings. The lowest BCUT2D eigenvalue weighted by Gasteiger charge is -2.14. The van der Waals surface area contributed by atoms with Crippen LogP contribution < -0.4 is 4.74 Å². The number of urea groups is 1. The summed E-state index contributed by atoms with van der Waals surface area (Å²) in [6.45, 7) is 5.96. The Morgan fingerprint density at radius 1 is 1.14 bits per heavy atom. The Morgan fingerprint density at radius 3 is 2.50 bits per heavy atom. The number of para-hydroxylation sites is 1. The minimum Gasteiger partial charge on any atom is -0.493 e. The molecule has 0 spiro atoms. The molecule has 1 heterocycles. The van der Waals surface area contributed by atoms with Gasteiger partial charge in [-0.05, 0) is 25.0 Å². The average Bonchev–Trinajstić information content (AvgIpc) is 2.70. The summed E-state index contributed by atoms with van der Waals surface area (Å²) in [5.74, 6) is -0.821. The van der Waals surface area contributed by atoms with Crippen LogP contribution in [0.3, 0.4) is 0 Å². The van der Waals surface area contributed by atoms with Crippen LogP contribution in [0.4, 0.5) is 4.79 Å². The second-order valence-corrected chi connectivity index (χ2v) is 4.91. The standard InChI is InChI=1S/C16H18N2O4/c1-3-9-17-14(19)15(20)18(16(17)21)10-6-11-22-13-8-5-4-7-12(13)2/h3-5,7-8H,1,6,9-11H2,2H3. The van der Waals surface area contributed by atoms with Gasteiger partial charge >= 0.3 is 17.8 Å². The van der Waals surface area contributed by atoms with Crippen LogP contribution in [0.15, 0.2) is 36.9 Å². The SMILES string of the molecule is C=CCN1C(=O)C(=O)N(CCCOc2ccccc2C)C1=O. The number of nitrogens with zero attached hydrogens (tertiary/aromatic N) is 2. The maximum atomic E-state index is 12.0. The molecular weight excluding hydrogens is 284 g/mol. The summed E-state index contributed by atoms with van der Waals surface area (Å²) in [5.41, 5.74) is 1.02. The number of carbonyl (C=O) groups excluding carboxylic acids is 3. The Labute approximate surface area is 129 Å². The molecule has 1 fully saturated rings. The number of amides is 4. The average molecular weight is 302 g/mol. The van der Waals surface area contributed by atoms with Crippen LogP contribution >= 0.6 is 0 Å². The van der Waals surface area contributed by atoms with E-state index in [0.29, 0.717) is 13.0 Å². The fraction of sp³-hybridized carbons (Fsp3) is 0.312. The summed E-state index contributed by atoms with van der Waals surface area (Å²) in [7, 11) is 0. The molecule has 116 valence electrons. The van der Waals surface area contributed by atoms with Crippen molar-refractivity contribution in [3.8, 4) is 5.75 Å². The molecule has 0 unspecified atom stereocenters. The van der Waals surface area contributed by atoms with E-state index in [1.807, 2.05) is 31.2 Å². The lowest BCUT2D eigenvalue weighted by atomic mass is 10.2. The Balaban J connectivity index is 1.85. The summed E-state index contributed by atoms with van der Waals surface area (Å²) >= 11 is 0. The van der Waals surface area contributed by atoms with Crippen LogP contribution in [-0.4, -0.2) is 47.3 Å². The van der Waals surface area contributed by atoms with Crippen LogP contribution in [-0.2, 0) is 9.59 Å². The van der Waals surface area contributed by atoms with E-state index in [1.165, 1.54) is 6.08 Å². The molecule has 0 N–H and O–H groups in total. The highest BCUT2D eigenvalue weighted by Crippen LogP contribution is 2.17. The molecule has 0 saturated carbocycles. The van der Waals surface area contributed by atoms with Crippen LogP contribution in [0.2, 0.25) is 0 Å². The maximum absolute atomic E-state index is 12.0. The van der Waals surface area contributed by atoms with Gasteiger partial charge in [-0.2, -0.15) is 0 Å². The number of aryl methyl sites for hydroxylation is 1. The fourth-order valence-corrected chi connectivity index (χ4v) is 2.16. The number of hydrogen-bond acceptors (Lipinski definition) is 4. The highest BCUT2D eigenvalue weighted by molar-refractivity contribution is 6.44. The van der Waals surface area contributed by atoms with E-state index in [0.717, 1.165) is 21.1 Å². The summed E-state index contributed by atoms with van der Waals surface area (Å²) < 4.78 is 5.60. The predicted molar refractivity (Wildman–Crippen MR) is 80.3 cm³/mol. The quantitative estimate of drug-likeness (QED) is 0.333. The second kappa shape index (κ2) is 6.89. The first-order chi connectivity index (χ1) is 10.6. The topological polar surface area (TPSA) is 66.9 Å². The van der Waals surface area contributed by atoms with Crippen molar-refractivity contribution in [2.24, 2.45) is 0 Å². The van der Waals surface area contributed by atoms with Gasteiger partial charge < -0.3 is 4.74 Å². The Kier molecular flexibility index (Phi) is 4.93. The molecule has 22 heavy (non-hydrogen) atoms. The number of imide groups is 2. The first-order valence-electron chi connectivity index (χ1n) is 7.03. The molecule has 2 rings (SSSR count). The first kappa shape index (κ1) is 15.8. The van der Waals surface area contributed by atoms with Crippen LogP contribution in [0.1, 0.15) is 12.0 Å². The van der Waals surface area contributed by atoms with E-state index in [2.05, 4.69) is 6.58 Å². The Hall–Kier alpha value is -2.63. The highest BCUT2D eigenvalue weighted by atomic mass is 16.5. The van der Waals surface area contributed by atoms with E-state index >= 15 is 0 Å². The number of rotatable bonds is 7. The predicted octanol–water partition coefficient (Wildman–Crippen LogP) is 1.74. The lowest BCUT2D eigenvalue weighted by Crippen LogP contribution is -2.34. The van der Waals surface area contributed by atoms with Gasteiger partial charge in [0.2, 0.25) is 0 Å². The third-order valence-corrected chi connectivity index (χ3v) is 3.32. The normalized spacial score (nSPS) is 14.7. The van der Waals surface area contributed by atoms with Crippen molar-refractivity contribution in [1.82, 2.24) is 9.80 Å². The number of benzene rings is 1. The van der Waals surface area contributed by atoms with Gasteiger partial charge in [-0.3, -0.25) is 19.4 Å². The zero-order valence-electron chi connectivity index (χ0n) is 12.4. The Bertz CT molecular complexity index is 612. The summed E-state index contributed by atoms with van der Waals surface area (Å²) in [6, 6.07) is 7.00. The molecule has 0 aliphatic carbocycles. The van der Waals surface area contributed by atoms with Crippen molar-refractivity contribution in [2.75, 3.05) is 19.7 Å². The van der Waals surface area contributed by atoms with Crippen molar-refractivity contribution in [3.63, 3.8) is 0 Å². The van der Waals surface area contributed by atoms with Crippen molar-refractivity contribution < 1.29 is 19.1 Å². The second-order valence-electron chi connectivity index (χ2n) is 4.91. The van der Waals surface area contributed by atoms with Gasteiger partial charge in [-0.1, -0.05) is 24.3 Å². The summed E-state index contributed by atoms with van der Waals surface area (Å²) in [6.07, 6.45) is 1.87. The number of ether oxygens (including phenoxy) is 1. The first-order valence-corrected chi connectivity index (χ1v) is 7.03. The molecule has 6 nitrogen and oxygen atoms in total. The van der Waals surface area contributed by atoms with Crippen LogP contribution in [0, 0.1) is 6.92 Å². The summed E-state index contributed by atoms with van der Waals surface area (Å²) in [4.78, 5) is 37.2. The molecule has 1 aliphatic rings. The molecule has 1 saturated heterocycles. The highest BCUT2D eigenvalue weighted by Gasteiger charge is 2.43. The molecule has 4 amide bonds. The zero-order valence-corrected chi connectivity index (χ0v) is 12.4. The number of carbonyl (C=O) groups is 3. The number of hydrogen-bond donors (Lipinski definition) is 0. The van der Waals surface area contributed by atoms with Crippen LogP contribution in [0.5, 0.6) is 5.75 Å². The van der Waals surface area contributed by atoms with Gasteiger partial charge in [-0.15, -0.1) is 6.58 Å². The van der Waals surface area contributed by atoms with Gasteiger partial charge in [0.05, 0.1) is 6.61 Å². The van der Waals surface area contributed by atoms with Crippen molar-refractivity contribution in [2.45, 2.75) is 13.3 Å². The summed E-state index contributed by atoms with van der Waals surface area (Å²) in [5, 5.41) is 0. The monoisotopic (exact) mass is 302 g/mol. The molecule has 6 heteroatoms. The molecule has 0 bridgehead atoms. The molecule has 0 radical (unpaired) electrons. The molecule has 1 aliphatic heterocycles. The van der Waals surface area contributed by atoms with E-state index in [9.17, 15) is 14.4 Å². The largest absolute Gasteiger partial charge is 0.493 e. The zero-order chi connectivity index (χ0) is 16.1. The van der Waals surface area contributed by atoms with Gasteiger partial charge in [-0.25, -0.2) is 4.79 Å². The van der Waals surface area contributed by atoms with Gasteiger partial charge in [0.1, 0.15) is 5.75 Å². The van der Waals surface area contributed by atoms with Crippen molar-refractivity contribution in [1.29, 1.82) is 0 Å². The van der Waals surface area contributed by atoms with Crippen LogP contribution in [0.25, 0.3) is 0 Å². The van der Waals surface area contributed by atoms with E-state index in [-0.39, 0.29) is 13.1 Å². The molecule has 0 aromatic heterocycles. The maximum Gasteiger partial charge on any atom is 0.334 e. The van der Waals surface area contributed by atoms with E-state index in [4.69, 9.17) is 4.74 Å². The van der Waals surface area contributed by atoms with Gasteiger partial charge in [0.25, 0.3) is 0 Å². The molecule has 1 aromatic carbocycles. The fourth-order valence-electron chi connectivity index (χ4n) is 2.16. The minimum absolute atomic E-state index is 0.0413. The van der Waals surface area contributed by atoms with Crippen molar-refractivity contribution >= 4 is 17.8 Å². The third kappa shape index (κ3) is 3.16. The van der Waals surface area contributed by atoms with Crippen molar-refractivity contribution in [3.05, 3.63) is 42.5 Å². The van der Waals surface area contributed by atoms with E-state index in [1.54, 1.807) is 0 Å². The van der Waals surface area contributed by atoms with Gasteiger partial charge in [0.15, 0.2) is 0 Å².